The fraction of sp³-hybridized carbons (Fsp3) is 0.182. The van der Waals surface area contributed by atoms with Gasteiger partial charge in [-0.2, -0.15) is 0 Å². The van der Waals surface area contributed by atoms with Gasteiger partial charge in [-0.15, -0.1) is 0 Å². The molecule has 28 heavy (non-hydrogen) atoms. The van der Waals surface area contributed by atoms with E-state index in [4.69, 9.17) is 9.47 Å². The molecule has 3 aromatic carbocycles. The van der Waals surface area contributed by atoms with Gasteiger partial charge in [0.1, 0.15) is 22.5 Å². The molecule has 1 unspecified atom stereocenters. The van der Waals surface area contributed by atoms with E-state index in [1.54, 1.807) is 14.2 Å². The molecule has 0 heterocycles. The van der Waals surface area contributed by atoms with Gasteiger partial charge in [0.05, 0.1) is 19.1 Å². The summed E-state index contributed by atoms with van der Waals surface area (Å²) in [5, 5.41) is 0. The van der Waals surface area contributed by atoms with Crippen molar-refractivity contribution in [3.63, 3.8) is 0 Å². The molecule has 0 bridgehead atoms. The normalized spacial score (nSPS) is 12.0. The summed E-state index contributed by atoms with van der Waals surface area (Å²) in [7, 11) is 1.99. The number of ether oxygens (including phenoxy) is 2. The summed E-state index contributed by atoms with van der Waals surface area (Å²) in [6, 6.07) is 23.3. The second-order valence-corrected chi connectivity index (χ2v) is 8.60. The Labute approximate surface area is 176 Å². The quantitative estimate of drug-likeness (QED) is 0.465. The third-order valence-corrected chi connectivity index (χ3v) is 6.15. The minimum atomic E-state index is -1.31. The summed E-state index contributed by atoms with van der Waals surface area (Å²) in [6.07, 6.45) is 0. The average molecular weight is 460 g/mol. The van der Waals surface area contributed by atoms with Gasteiger partial charge in [-0.1, -0.05) is 46.3 Å². The van der Waals surface area contributed by atoms with Crippen LogP contribution in [0.5, 0.6) is 11.5 Å². The lowest BCUT2D eigenvalue weighted by atomic mass is 10.2. The Morgan fingerprint density at radius 1 is 0.821 bits per heavy atom. The lowest BCUT2D eigenvalue weighted by molar-refractivity contribution is 0.411. The van der Waals surface area contributed by atoms with Gasteiger partial charge in [0, 0.05) is 17.6 Å². The van der Waals surface area contributed by atoms with Gasteiger partial charge >= 0.3 is 0 Å². The number of hydrogen-bond donors (Lipinski definition) is 0. The van der Waals surface area contributed by atoms with Gasteiger partial charge in [-0.3, -0.25) is 0 Å². The molecule has 0 amide bonds. The Hall–Kier alpha value is -2.15. The van der Waals surface area contributed by atoms with E-state index in [1.807, 2.05) is 77.1 Å². The molecule has 0 saturated heterocycles. The molecule has 1 atom stereocenters. The fourth-order valence-corrected chi connectivity index (χ4v) is 4.57. The fourth-order valence-electron chi connectivity index (χ4n) is 2.77. The Morgan fingerprint density at radius 3 is 1.75 bits per heavy atom. The van der Waals surface area contributed by atoms with E-state index in [0.717, 1.165) is 32.0 Å². The van der Waals surface area contributed by atoms with Crippen LogP contribution in [0.1, 0.15) is 11.1 Å². The Kier molecular flexibility index (Phi) is 7.25. The van der Waals surface area contributed by atoms with Crippen LogP contribution in [-0.4, -0.2) is 22.7 Å². The van der Waals surface area contributed by atoms with E-state index in [-0.39, 0.29) is 0 Å². The van der Waals surface area contributed by atoms with Gasteiger partial charge in [0.15, 0.2) is 0 Å². The predicted molar refractivity (Wildman–Crippen MR) is 116 cm³/mol. The minimum Gasteiger partial charge on any atom is -0.497 e. The van der Waals surface area contributed by atoms with Crippen LogP contribution in [0.4, 0.5) is 0 Å². The average Bonchev–Trinajstić information content (AvgIpc) is 2.74. The molecular formula is C22H22BrNO3S. The third kappa shape index (κ3) is 5.44. The second kappa shape index (κ2) is 9.87. The highest BCUT2D eigenvalue weighted by Gasteiger charge is 2.17. The predicted octanol–water partition coefficient (Wildman–Crippen LogP) is 5.19. The van der Waals surface area contributed by atoms with Crippen LogP contribution in [0.25, 0.3) is 0 Å². The van der Waals surface area contributed by atoms with E-state index in [1.165, 1.54) is 0 Å². The van der Waals surface area contributed by atoms with Crippen LogP contribution in [0.3, 0.4) is 0 Å². The lowest BCUT2D eigenvalue weighted by Gasteiger charge is -2.22. The maximum absolute atomic E-state index is 13.3. The first-order valence-corrected chi connectivity index (χ1v) is 10.7. The standard InChI is InChI=1S/C22H22BrNO3S/c1-26-20-10-6-17(7-11-20)15-24(16-18-8-12-21(27-2)13-9-18)28(25)22-5-3-4-19(23)14-22/h3-14H,15-16H2,1-2H3. The SMILES string of the molecule is COc1ccc(CN(Cc2ccc(OC)cc2)S(=O)c2cccc(Br)c2)cc1. The van der Waals surface area contributed by atoms with Crippen molar-refractivity contribution >= 4 is 26.9 Å². The summed E-state index contributed by atoms with van der Waals surface area (Å²) in [4.78, 5) is 0.761. The zero-order valence-electron chi connectivity index (χ0n) is 15.8. The summed E-state index contributed by atoms with van der Waals surface area (Å²) in [5.74, 6) is 1.61. The zero-order chi connectivity index (χ0) is 19.9. The van der Waals surface area contributed by atoms with Crippen LogP contribution in [0.2, 0.25) is 0 Å². The first kappa shape index (κ1) is 20.6. The van der Waals surface area contributed by atoms with Gasteiger partial charge in [0.25, 0.3) is 0 Å². The van der Waals surface area contributed by atoms with Crippen LogP contribution < -0.4 is 9.47 Å². The Morgan fingerprint density at radius 2 is 1.32 bits per heavy atom. The van der Waals surface area contributed by atoms with Crippen molar-refractivity contribution in [2.75, 3.05) is 14.2 Å². The van der Waals surface area contributed by atoms with E-state index in [2.05, 4.69) is 15.9 Å². The molecule has 0 N–H and O–H groups in total. The molecule has 0 fully saturated rings. The number of hydrogen-bond acceptors (Lipinski definition) is 3. The first-order chi connectivity index (χ1) is 13.6. The van der Waals surface area contributed by atoms with Gasteiger partial charge < -0.3 is 9.47 Å². The highest BCUT2D eigenvalue weighted by Crippen LogP contribution is 2.22. The number of rotatable bonds is 8. The summed E-state index contributed by atoms with van der Waals surface area (Å²) < 4.78 is 26.6. The summed E-state index contributed by atoms with van der Waals surface area (Å²) in [6.45, 7) is 1.10. The van der Waals surface area contributed by atoms with Crippen molar-refractivity contribution < 1.29 is 13.7 Å². The Balaban J connectivity index is 1.86. The molecule has 0 aliphatic rings. The molecule has 0 saturated carbocycles. The van der Waals surface area contributed by atoms with Crippen molar-refractivity contribution in [2.45, 2.75) is 18.0 Å². The smallest absolute Gasteiger partial charge is 0.128 e. The van der Waals surface area contributed by atoms with Crippen LogP contribution in [0.15, 0.2) is 82.2 Å². The highest BCUT2D eigenvalue weighted by molar-refractivity contribution is 9.10. The highest BCUT2D eigenvalue weighted by atomic mass is 79.9. The van der Waals surface area contributed by atoms with Crippen molar-refractivity contribution in [1.82, 2.24) is 4.31 Å². The van der Waals surface area contributed by atoms with Crippen LogP contribution >= 0.6 is 15.9 Å². The molecule has 0 aliphatic carbocycles. The molecule has 0 aromatic heterocycles. The summed E-state index contributed by atoms with van der Waals surface area (Å²) >= 11 is 3.46. The number of benzene rings is 3. The number of methoxy groups -OCH3 is 2. The van der Waals surface area contributed by atoms with E-state index < -0.39 is 11.0 Å². The molecule has 0 aliphatic heterocycles. The van der Waals surface area contributed by atoms with Crippen LogP contribution in [0, 0.1) is 0 Å². The van der Waals surface area contributed by atoms with Crippen molar-refractivity contribution in [3.8, 4) is 11.5 Å². The molecule has 146 valence electrons. The monoisotopic (exact) mass is 459 g/mol. The molecule has 0 radical (unpaired) electrons. The molecule has 3 aromatic rings. The van der Waals surface area contributed by atoms with Crippen LogP contribution in [-0.2, 0) is 24.1 Å². The molecule has 6 heteroatoms. The number of halogens is 1. The minimum absolute atomic E-state index is 0.551. The first-order valence-electron chi connectivity index (χ1n) is 8.77. The lowest BCUT2D eigenvalue weighted by Crippen LogP contribution is -2.25. The van der Waals surface area contributed by atoms with Gasteiger partial charge in [0.2, 0.25) is 0 Å². The third-order valence-electron chi connectivity index (χ3n) is 4.27. The zero-order valence-corrected chi connectivity index (χ0v) is 18.2. The van der Waals surface area contributed by atoms with Crippen molar-refractivity contribution in [2.24, 2.45) is 0 Å². The maximum Gasteiger partial charge on any atom is 0.128 e. The molecule has 4 nitrogen and oxygen atoms in total. The topological polar surface area (TPSA) is 38.8 Å². The summed E-state index contributed by atoms with van der Waals surface area (Å²) in [5.41, 5.74) is 2.13. The van der Waals surface area contributed by atoms with E-state index in [9.17, 15) is 4.21 Å². The maximum atomic E-state index is 13.3. The molecule has 0 spiro atoms. The van der Waals surface area contributed by atoms with Gasteiger partial charge in [-0.25, -0.2) is 8.51 Å². The van der Waals surface area contributed by atoms with E-state index >= 15 is 0 Å². The van der Waals surface area contributed by atoms with Gasteiger partial charge in [-0.05, 0) is 53.6 Å². The molecular weight excluding hydrogens is 438 g/mol. The van der Waals surface area contributed by atoms with Crippen molar-refractivity contribution in [3.05, 3.63) is 88.4 Å². The molecule has 3 rings (SSSR count). The van der Waals surface area contributed by atoms with E-state index in [0.29, 0.717) is 13.1 Å². The number of nitrogens with zero attached hydrogens (tertiary/aromatic N) is 1. The Bertz CT molecular complexity index is 880. The largest absolute Gasteiger partial charge is 0.497 e. The second-order valence-electron chi connectivity index (χ2n) is 6.20. The van der Waals surface area contributed by atoms with Crippen molar-refractivity contribution in [1.29, 1.82) is 0 Å².